The van der Waals surface area contributed by atoms with Crippen LogP contribution in [-0.4, -0.2) is 39.7 Å². The molecular weight excluding hydrogens is 384 g/mol. The van der Waals surface area contributed by atoms with Crippen LogP contribution in [0, 0.1) is 5.92 Å². The molecule has 30 heavy (non-hydrogen) atoms. The topological polar surface area (TPSA) is 71.1 Å². The highest BCUT2D eigenvalue weighted by atomic mass is 16.5. The fraction of sp³-hybridized carbons (Fsp3) is 0.333. The first-order chi connectivity index (χ1) is 14.5. The standard InChI is InChI=1S/C24H26O6/c1-5-30-24(26)23-19(18-8-6-7-9-21(18)28-3)12-15(13-20(23)25)17-11-10-16(27-2)14-22(17)29-4/h6-11,13-14,19,23H,5,12H2,1-4H3. The average Bonchev–Trinajstić information content (AvgIpc) is 2.78. The van der Waals surface area contributed by atoms with Crippen molar-refractivity contribution in [2.75, 3.05) is 27.9 Å². The van der Waals surface area contributed by atoms with Crippen LogP contribution < -0.4 is 14.2 Å². The molecule has 0 heterocycles. The minimum atomic E-state index is -0.922. The van der Waals surface area contributed by atoms with E-state index in [9.17, 15) is 9.59 Å². The SMILES string of the molecule is CCOC(=O)C1C(=O)C=C(c2ccc(OC)cc2OC)CC1c1ccccc1OC. The number of carbonyl (C=O) groups is 2. The molecule has 0 spiro atoms. The summed E-state index contributed by atoms with van der Waals surface area (Å²) in [6.45, 7) is 1.94. The number of methoxy groups -OCH3 is 3. The van der Waals surface area contributed by atoms with Crippen molar-refractivity contribution in [1.82, 2.24) is 0 Å². The Hall–Kier alpha value is -3.28. The molecule has 2 aromatic carbocycles. The summed E-state index contributed by atoms with van der Waals surface area (Å²) in [5.74, 6) is -0.258. The molecule has 6 nitrogen and oxygen atoms in total. The maximum absolute atomic E-state index is 13.1. The second-order valence-electron chi connectivity index (χ2n) is 6.92. The first-order valence-corrected chi connectivity index (χ1v) is 9.80. The van der Waals surface area contributed by atoms with Gasteiger partial charge in [0.25, 0.3) is 0 Å². The van der Waals surface area contributed by atoms with Crippen molar-refractivity contribution in [3.8, 4) is 17.2 Å². The molecule has 0 saturated carbocycles. The van der Waals surface area contributed by atoms with Gasteiger partial charge in [0.1, 0.15) is 23.2 Å². The van der Waals surface area contributed by atoms with Gasteiger partial charge in [0, 0.05) is 17.5 Å². The number of allylic oxidation sites excluding steroid dienone is 2. The maximum atomic E-state index is 13.1. The van der Waals surface area contributed by atoms with E-state index in [1.807, 2.05) is 36.4 Å². The molecule has 2 atom stereocenters. The second kappa shape index (κ2) is 9.48. The van der Waals surface area contributed by atoms with Gasteiger partial charge < -0.3 is 18.9 Å². The summed E-state index contributed by atoms with van der Waals surface area (Å²) in [5.41, 5.74) is 2.37. The van der Waals surface area contributed by atoms with Crippen LogP contribution in [0.1, 0.15) is 30.4 Å². The molecule has 0 saturated heterocycles. The fourth-order valence-electron chi connectivity index (χ4n) is 3.90. The molecule has 158 valence electrons. The van der Waals surface area contributed by atoms with Crippen LogP contribution in [-0.2, 0) is 14.3 Å². The minimum Gasteiger partial charge on any atom is -0.497 e. The monoisotopic (exact) mass is 410 g/mol. The Morgan fingerprint density at radius 1 is 1.00 bits per heavy atom. The number of carbonyl (C=O) groups excluding carboxylic acids is 2. The Morgan fingerprint density at radius 3 is 2.40 bits per heavy atom. The summed E-state index contributed by atoms with van der Waals surface area (Å²) in [6.07, 6.45) is 1.98. The van der Waals surface area contributed by atoms with Crippen LogP contribution in [0.4, 0.5) is 0 Å². The molecule has 1 aliphatic carbocycles. The number of benzene rings is 2. The second-order valence-corrected chi connectivity index (χ2v) is 6.92. The number of esters is 1. The number of ether oxygens (including phenoxy) is 4. The largest absolute Gasteiger partial charge is 0.497 e. The van der Waals surface area contributed by atoms with Crippen LogP contribution in [0.15, 0.2) is 48.5 Å². The highest BCUT2D eigenvalue weighted by molar-refractivity contribution is 6.11. The van der Waals surface area contributed by atoms with Crippen molar-refractivity contribution in [1.29, 1.82) is 0 Å². The number of hydrogen-bond acceptors (Lipinski definition) is 6. The van der Waals surface area contributed by atoms with Crippen LogP contribution >= 0.6 is 0 Å². The summed E-state index contributed by atoms with van der Waals surface area (Å²) in [7, 11) is 4.73. The van der Waals surface area contributed by atoms with E-state index in [1.165, 1.54) is 6.08 Å². The number of hydrogen-bond donors (Lipinski definition) is 0. The van der Waals surface area contributed by atoms with Crippen molar-refractivity contribution < 1.29 is 28.5 Å². The molecule has 1 aliphatic rings. The average molecular weight is 410 g/mol. The molecule has 0 N–H and O–H groups in total. The summed E-state index contributed by atoms with van der Waals surface area (Å²) in [6, 6.07) is 12.9. The van der Waals surface area contributed by atoms with Crippen molar-refractivity contribution >= 4 is 17.3 Å². The Balaban J connectivity index is 2.10. The third-order valence-electron chi connectivity index (χ3n) is 5.30. The number of ketones is 1. The highest BCUT2D eigenvalue weighted by Gasteiger charge is 2.41. The van der Waals surface area contributed by atoms with Crippen molar-refractivity contribution in [2.45, 2.75) is 19.3 Å². The van der Waals surface area contributed by atoms with Crippen LogP contribution in [0.25, 0.3) is 5.57 Å². The fourth-order valence-corrected chi connectivity index (χ4v) is 3.90. The van der Waals surface area contributed by atoms with E-state index in [-0.39, 0.29) is 12.4 Å². The quantitative estimate of drug-likeness (QED) is 0.507. The van der Waals surface area contributed by atoms with Crippen LogP contribution in [0.3, 0.4) is 0 Å². The molecule has 0 fully saturated rings. The van der Waals surface area contributed by atoms with Gasteiger partial charge in [-0.05, 0) is 48.8 Å². The smallest absolute Gasteiger partial charge is 0.317 e. The van der Waals surface area contributed by atoms with E-state index in [2.05, 4.69) is 0 Å². The van der Waals surface area contributed by atoms with E-state index >= 15 is 0 Å². The molecular formula is C24H26O6. The Morgan fingerprint density at radius 2 is 1.73 bits per heavy atom. The Bertz CT molecular complexity index is 962. The van der Waals surface area contributed by atoms with Gasteiger partial charge in [-0.1, -0.05) is 18.2 Å². The lowest BCUT2D eigenvalue weighted by atomic mass is 9.73. The maximum Gasteiger partial charge on any atom is 0.317 e. The molecule has 3 rings (SSSR count). The van der Waals surface area contributed by atoms with E-state index in [1.54, 1.807) is 34.3 Å². The highest BCUT2D eigenvalue weighted by Crippen LogP contribution is 2.45. The lowest BCUT2D eigenvalue weighted by Gasteiger charge is -2.30. The van der Waals surface area contributed by atoms with Gasteiger partial charge in [0.05, 0.1) is 27.9 Å². The van der Waals surface area contributed by atoms with Crippen LogP contribution in [0.5, 0.6) is 17.2 Å². The lowest BCUT2D eigenvalue weighted by Crippen LogP contribution is -2.34. The van der Waals surface area contributed by atoms with Gasteiger partial charge in [0.2, 0.25) is 0 Å². The van der Waals surface area contributed by atoms with Gasteiger partial charge in [-0.2, -0.15) is 0 Å². The Labute approximate surface area is 176 Å². The molecule has 2 unspecified atom stereocenters. The van der Waals surface area contributed by atoms with Gasteiger partial charge in [0.15, 0.2) is 5.78 Å². The third kappa shape index (κ3) is 4.17. The summed E-state index contributed by atoms with van der Waals surface area (Å²) in [4.78, 5) is 25.8. The van der Waals surface area contributed by atoms with E-state index < -0.39 is 17.8 Å². The van der Waals surface area contributed by atoms with Crippen molar-refractivity contribution in [3.05, 3.63) is 59.7 Å². The predicted octanol–water partition coefficient (Wildman–Crippen LogP) is 4.03. The van der Waals surface area contributed by atoms with Gasteiger partial charge >= 0.3 is 5.97 Å². The third-order valence-corrected chi connectivity index (χ3v) is 5.30. The predicted molar refractivity (Wildman–Crippen MR) is 113 cm³/mol. The molecule has 6 heteroatoms. The van der Waals surface area contributed by atoms with Gasteiger partial charge in [-0.3, -0.25) is 9.59 Å². The van der Waals surface area contributed by atoms with E-state index in [0.717, 1.165) is 16.7 Å². The van der Waals surface area contributed by atoms with E-state index in [0.29, 0.717) is 23.7 Å². The van der Waals surface area contributed by atoms with Gasteiger partial charge in [-0.15, -0.1) is 0 Å². The van der Waals surface area contributed by atoms with Crippen molar-refractivity contribution in [2.24, 2.45) is 5.92 Å². The van der Waals surface area contributed by atoms with Gasteiger partial charge in [-0.25, -0.2) is 0 Å². The van der Waals surface area contributed by atoms with Crippen LogP contribution in [0.2, 0.25) is 0 Å². The minimum absolute atomic E-state index is 0.212. The first-order valence-electron chi connectivity index (χ1n) is 9.80. The molecule has 0 radical (unpaired) electrons. The molecule has 2 aromatic rings. The summed E-state index contributed by atoms with van der Waals surface area (Å²) in [5, 5.41) is 0. The molecule has 0 aliphatic heterocycles. The zero-order valence-electron chi connectivity index (χ0n) is 17.6. The molecule has 0 aromatic heterocycles. The zero-order chi connectivity index (χ0) is 21.7. The number of rotatable bonds is 7. The van der Waals surface area contributed by atoms with E-state index in [4.69, 9.17) is 18.9 Å². The Kier molecular flexibility index (Phi) is 6.77. The molecule has 0 amide bonds. The summed E-state index contributed by atoms with van der Waals surface area (Å²) < 4.78 is 21.5. The lowest BCUT2D eigenvalue weighted by molar-refractivity contribution is -0.151. The first kappa shape index (κ1) is 21.4. The van der Waals surface area contributed by atoms with Crippen molar-refractivity contribution in [3.63, 3.8) is 0 Å². The number of para-hydroxylation sites is 1. The normalized spacial score (nSPS) is 18.4. The molecule has 0 bridgehead atoms. The summed E-state index contributed by atoms with van der Waals surface area (Å²) >= 11 is 0. The zero-order valence-corrected chi connectivity index (χ0v) is 17.6.